The van der Waals surface area contributed by atoms with Crippen molar-refractivity contribution in [1.29, 1.82) is 0 Å². The van der Waals surface area contributed by atoms with E-state index in [1.807, 2.05) is 19.1 Å². The van der Waals surface area contributed by atoms with E-state index in [9.17, 15) is 14.4 Å². The van der Waals surface area contributed by atoms with Gasteiger partial charge in [0.1, 0.15) is 24.5 Å². The maximum Gasteiger partial charge on any atom is 0.415 e. The first-order valence-electron chi connectivity index (χ1n) is 11.0. The molecule has 0 spiro atoms. The molecule has 2 saturated heterocycles. The van der Waals surface area contributed by atoms with E-state index < -0.39 is 12.2 Å². The van der Waals surface area contributed by atoms with Gasteiger partial charge in [0, 0.05) is 31.3 Å². The Labute approximate surface area is 200 Å². The fourth-order valence-corrected chi connectivity index (χ4v) is 5.57. The van der Waals surface area contributed by atoms with Crippen molar-refractivity contribution >= 4 is 52.1 Å². The average molecular weight is 490 g/mol. The van der Waals surface area contributed by atoms with Crippen molar-refractivity contribution in [2.24, 2.45) is 0 Å². The summed E-state index contributed by atoms with van der Waals surface area (Å²) in [7, 11) is 0. The van der Waals surface area contributed by atoms with Gasteiger partial charge in [0.25, 0.3) is 0 Å². The number of Topliss-reactive ketones (excluding diaryl/α,β-unsaturated/α-hetero) is 1. The molecule has 10 heteroatoms. The van der Waals surface area contributed by atoms with Gasteiger partial charge >= 0.3 is 6.09 Å². The SMILES string of the molecule is CCN1CCN(c2ccc3c(c2)OC[C@H]2[C@H](CCC(=O)c4ccc(Cl)s4)OC(=O)N32)C(=O)C1. The number of hydrogen-bond acceptors (Lipinski definition) is 7. The maximum absolute atomic E-state index is 12.7. The zero-order valence-electron chi connectivity index (χ0n) is 18.2. The molecule has 3 aliphatic rings. The highest BCUT2D eigenvalue weighted by Crippen LogP contribution is 2.42. The van der Waals surface area contributed by atoms with Crippen LogP contribution >= 0.6 is 22.9 Å². The number of piperazine rings is 1. The van der Waals surface area contributed by atoms with Crippen LogP contribution in [-0.4, -0.2) is 67.6 Å². The molecule has 1 aromatic carbocycles. The van der Waals surface area contributed by atoms with Crippen LogP contribution in [0.25, 0.3) is 0 Å². The van der Waals surface area contributed by atoms with E-state index in [1.54, 1.807) is 28.0 Å². The minimum absolute atomic E-state index is 0.0176. The molecule has 0 saturated carbocycles. The number of ketones is 1. The van der Waals surface area contributed by atoms with Crippen molar-refractivity contribution in [2.75, 3.05) is 42.6 Å². The molecule has 2 amide bonds. The molecule has 2 aromatic rings. The average Bonchev–Trinajstić information content (AvgIpc) is 3.40. The van der Waals surface area contributed by atoms with Gasteiger partial charge in [-0.2, -0.15) is 0 Å². The number of hydrogen-bond donors (Lipinski definition) is 0. The van der Waals surface area contributed by atoms with E-state index in [-0.39, 0.29) is 30.8 Å². The fourth-order valence-electron chi connectivity index (χ4n) is 4.56. The van der Waals surface area contributed by atoms with Crippen LogP contribution in [0.3, 0.4) is 0 Å². The Balaban J connectivity index is 1.28. The standard InChI is InChI=1S/C23H24ClN3O5S/c1-2-25-9-10-26(22(29)12-25)14-3-4-15-19(11-14)31-13-16-18(32-23(30)27(15)16)6-5-17(28)20-7-8-21(24)33-20/h3-4,7-8,11,16,18H,2,5-6,9-10,12-13H2,1H3/t16-,18-/m0/s1. The molecule has 0 radical (unpaired) electrons. The van der Waals surface area contributed by atoms with Crippen molar-refractivity contribution in [1.82, 2.24) is 4.90 Å². The van der Waals surface area contributed by atoms with E-state index in [0.29, 0.717) is 40.2 Å². The summed E-state index contributed by atoms with van der Waals surface area (Å²) in [4.78, 5) is 43.8. The van der Waals surface area contributed by atoms with Crippen LogP contribution in [0.4, 0.5) is 16.2 Å². The number of cyclic esters (lactones) is 1. The molecule has 3 aliphatic heterocycles. The molecule has 5 rings (SSSR count). The maximum atomic E-state index is 12.7. The zero-order valence-corrected chi connectivity index (χ0v) is 19.7. The zero-order chi connectivity index (χ0) is 23.1. The molecule has 0 bridgehead atoms. The summed E-state index contributed by atoms with van der Waals surface area (Å²) in [5.41, 5.74) is 1.38. The lowest BCUT2D eigenvalue weighted by Crippen LogP contribution is -2.50. The Bertz CT molecular complexity index is 1110. The number of carbonyl (C=O) groups excluding carboxylic acids is 3. The number of rotatable bonds is 6. The normalized spacial score (nSPS) is 22.6. The van der Waals surface area contributed by atoms with Crippen LogP contribution in [0.5, 0.6) is 5.75 Å². The van der Waals surface area contributed by atoms with Crippen molar-refractivity contribution < 1.29 is 23.9 Å². The second-order valence-corrected chi connectivity index (χ2v) is 10.0. The highest BCUT2D eigenvalue weighted by molar-refractivity contribution is 7.18. The number of thiophene rings is 1. The smallest absolute Gasteiger partial charge is 0.415 e. The van der Waals surface area contributed by atoms with Gasteiger partial charge in [-0.25, -0.2) is 4.79 Å². The number of halogens is 1. The summed E-state index contributed by atoms with van der Waals surface area (Å²) in [6.45, 7) is 4.99. The topological polar surface area (TPSA) is 79.4 Å². The molecule has 1 aromatic heterocycles. The summed E-state index contributed by atoms with van der Waals surface area (Å²) in [6, 6.07) is 8.58. The number of amides is 2. The predicted octanol–water partition coefficient (Wildman–Crippen LogP) is 3.82. The van der Waals surface area contributed by atoms with Gasteiger partial charge in [0.15, 0.2) is 5.78 Å². The Hall–Kier alpha value is -2.62. The third-order valence-electron chi connectivity index (χ3n) is 6.38. The second-order valence-electron chi connectivity index (χ2n) is 8.30. The summed E-state index contributed by atoms with van der Waals surface area (Å²) in [5, 5.41) is 0. The predicted molar refractivity (Wildman–Crippen MR) is 126 cm³/mol. The molecule has 33 heavy (non-hydrogen) atoms. The van der Waals surface area contributed by atoms with Gasteiger partial charge in [-0.3, -0.25) is 19.4 Å². The van der Waals surface area contributed by atoms with E-state index >= 15 is 0 Å². The van der Waals surface area contributed by atoms with Gasteiger partial charge in [0.05, 0.1) is 21.4 Å². The number of benzene rings is 1. The van der Waals surface area contributed by atoms with Crippen LogP contribution in [0.15, 0.2) is 30.3 Å². The van der Waals surface area contributed by atoms with E-state index in [1.165, 1.54) is 11.3 Å². The number of fused-ring (bicyclic) bond motifs is 3. The lowest BCUT2D eigenvalue weighted by Gasteiger charge is -2.35. The van der Waals surface area contributed by atoms with Crippen molar-refractivity contribution in [3.63, 3.8) is 0 Å². The highest BCUT2D eigenvalue weighted by atomic mass is 35.5. The van der Waals surface area contributed by atoms with Crippen molar-refractivity contribution in [3.05, 3.63) is 39.5 Å². The highest BCUT2D eigenvalue weighted by Gasteiger charge is 2.46. The molecule has 0 aliphatic carbocycles. The largest absolute Gasteiger partial charge is 0.489 e. The molecular formula is C23H24ClN3O5S. The van der Waals surface area contributed by atoms with E-state index in [0.717, 1.165) is 18.8 Å². The minimum Gasteiger partial charge on any atom is -0.489 e. The van der Waals surface area contributed by atoms with E-state index in [4.69, 9.17) is 21.1 Å². The van der Waals surface area contributed by atoms with Crippen molar-refractivity contribution in [3.8, 4) is 5.75 Å². The Morgan fingerprint density at radius 1 is 1.21 bits per heavy atom. The van der Waals surface area contributed by atoms with Gasteiger partial charge in [-0.05, 0) is 37.2 Å². The van der Waals surface area contributed by atoms with Gasteiger partial charge < -0.3 is 14.4 Å². The lowest BCUT2D eigenvalue weighted by molar-refractivity contribution is -0.121. The van der Waals surface area contributed by atoms with E-state index in [2.05, 4.69) is 4.90 Å². The molecule has 0 N–H and O–H groups in total. The second kappa shape index (κ2) is 8.96. The Kier molecular flexibility index (Phi) is 6.03. The number of nitrogens with zero attached hydrogens (tertiary/aromatic N) is 3. The fraction of sp³-hybridized carbons (Fsp3) is 0.435. The van der Waals surface area contributed by atoms with Gasteiger partial charge in [0.2, 0.25) is 5.91 Å². The monoisotopic (exact) mass is 489 g/mol. The minimum atomic E-state index is -0.443. The summed E-state index contributed by atoms with van der Waals surface area (Å²) in [5.74, 6) is 0.585. The first-order chi connectivity index (χ1) is 15.9. The molecule has 0 unspecified atom stereocenters. The quantitative estimate of drug-likeness (QED) is 0.574. The third-order valence-corrected chi connectivity index (χ3v) is 7.66. The number of ether oxygens (including phenoxy) is 2. The summed E-state index contributed by atoms with van der Waals surface area (Å²) in [6.07, 6.45) is -0.208. The number of anilines is 2. The first-order valence-corrected chi connectivity index (χ1v) is 12.2. The molecule has 174 valence electrons. The lowest BCUT2D eigenvalue weighted by atomic mass is 10.0. The first kappa shape index (κ1) is 22.2. The molecular weight excluding hydrogens is 466 g/mol. The summed E-state index contributed by atoms with van der Waals surface area (Å²) >= 11 is 7.17. The Morgan fingerprint density at radius 3 is 2.79 bits per heavy atom. The molecule has 8 nitrogen and oxygen atoms in total. The van der Waals surface area contributed by atoms with Crippen LogP contribution < -0.4 is 14.5 Å². The third kappa shape index (κ3) is 4.20. The summed E-state index contributed by atoms with van der Waals surface area (Å²) < 4.78 is 12.2. The molecule has 2 atom stereocenters. The van der Waals surface area contributed by atoms with Gasteiger partial charge in [-0.1, -0.05) is 18.5 Å². The van der Waals surface area contributed by atoms with Crippen LogP contribution in [0.2, 0.25) is 4.34 Å². The number of carbonyl (C=O) groups is 3. The van der Waals surface area contributed by atoms with Crippen molar-refractivity contribution in [2.45, 2.75) is 31.9 Å². The molecule has 4 heterocycles. The number of likely N-dealkylation sites (N-methyl/N-ethyl adjacent to an activating group) is 1. The van der Waals surface area contributed by atoms with Gasteiger partial charge in [-0.15, -0.1) is 11.3 Å². The van der Waals surface area contributed by atoms with Crippen LogP contribution in [0.1, 0.15) is 29.4 Å². The van der Waals surface area contributed by atoms with Crippen LogP contribution in [0, 0.1) is 0 Å². The van der Waals surface area contributed by atoms with Crippen LogP contribution in [-0.2, 0) is 9.53 Å². The molecule has 2 fully saturated rings. The Morgan fingerprint density at radius 2 is 2.06 bits per heavy atom.